The lowest BCUT2D eigenvalue weighted by molar-refractivity contribution is 0.596. The van der Waals surface area contributed by atoms with E-state index in [1.807, 2.05) is 0 Å². The number of rotatable bonds is 3. The van der Waals surface area contributed by atoms with E-state index < -0.39 is 21.7 Å². The van der Waals surface area contributed by atoms with Gasteiger partial charge >= 0.3 is 0 Å². The molecular formula is C13H10ClF2NO2S. The van der Waals surface area contributed by atoms with Crippen molar-refractivity contribution in [3.05, 3.63) is 58.6 Å². The lowest BCUT2D eigenvalue weighted by atomic mass is 10.2. The highest BCUT2D eigenvalue weighted by atomic mass is 35.5. The summed E-state index contributed by atoms with van der Waals surface area (Å²) in [7, 11) is -4.00. The third-order valence-electron chi connectivity index (χ3n) is 2.60. The number of hydrogen-bond acceptors (Lipinski definition) is 2. The van der Waals surface area contributed by atoms with Crippen LogP contribution in [0.1, 0.15) is 5.56 Å². The molecule has 7 heteroatoms. The van der Waals surface area contributed by atoms with Crippen LogP contribution in [0.4, 0.5) is 14.5 Å². The predicted octanol–water partition coefficient (Wildman–Crippen LogP) is 3.73. The molecule has 0 radical (unpaired) electrons. The molecule has 0 unspecified atom stereocenters. The summed E-state index contributed by atoms with van der Waals surface area (Å²) >= 11 is 5.59. The van der Waals surface area contributed by atoms with Gasteiger partial charge in [-0.1, -0.05) is 11.6 Å². The Morgan fingerprint density at radius 1 is 1.10 bits per heavy atom. The third-order valence-corrected chi connectivity index (χ3v) is 4.36. The molecule has 2 rings (SSSR count). The summed E-state index contributed by atoms with van der Waals surface area (Å²) in [6, 6.07) is 6.82. The first-order valence-corrected chi connectivity index (χ1v) is 7.40. The molecule has 0 saturated carbocycles. The van der Waals surface area contributed by atoms with E-state index in [9.17, 15) is 17.2 Å². The van der Waals surface area contributed by atoms with E-state index >= 15 is 0 Å². The normalized spacial score (nSPS) is 11.4. The maximum absolute atomic E-state index is 13.6. The molecule has 0 amide bonds. The van der Waals surface area contributed by atoms with E-state index in [2.05, 4.69) is 4.72 Å². The van der Waals surface area contributed by atoms with Crippen LogP contribution < -0.4 is 4.72 Å². The fraction of sp³-hybridized carbons (Fsp3) is 0.0769. The molecule has 0 saturated heterocycles. The lowest BCUT2D eigenvalue weighted by Crippen LogP contribution is -2.15. The maximum atomic E-state index is 13.6. The van der Waals surface area contributed by atoms with E-state index in [1.54, 1.807) is 0 Å². The first-order chi connectivity index (χ1) is 9.29. The Bertz CT molecular complexity index is 763. The van der Waals surface area contributed by atoms with Gasteiger partial charge in [-0.25, -0.2) is 17.2 Å². The zero-order valence-corrected chi connectivity index (χ0v) is 11.9. The van der Waals surface area contributed by atoms with Gasteiger partial charge in [0.15, 0.2) is 0 Å². The SMILES string of the molecule is Cc1cc(F)ccc1S(=O)(=O)Nc1ccc(Cl)cc1F. The summed E-state index contributed by atoms with van der Waals surface area (Å²) in [5.74, 6) is -1.33. The van der Waals surface area contributed by atoms with Crippen LogP contribution in [0.5, 0.6) is 0 Å². The van der Waals surface area contributed by atoms with E-state index in [1.165, 1.54) is 19.1 Å². The summed E-state index contributed by atoms with van der Waals surface area (Å²) in [6.45, 7) is 1.45. The first kappa shape index (κ1) is 14.7. The quantitative estimate of drug-likeness (QED) is 0.937. The largest absolute Gasteiger partial charge is 0.277 e. The number of hydrogen-bond donors (Lipinski definition) is 1. The Kier molecular flexibility index (Phi) is 3.96. The van der Waals surface area contributed by atoms with E-state index in [0.717, 1.165) is 24.3 Å². The number of sulfonamides is 1. The fourth-order valence-corrected chi connectivity index (χ4v) is 3.14. The number of nitrogens with one attached hydrogen (secondary N) is 1. The molecule has 20 heavy (non-hydrogen) atoms. The Balaban J connectivity index is 2.41. The number of halogens is 3. The van der Waals surface area contributed by atoms with Gasteiger partial charge in [-0.05, 0) is 48.9 Å². The minimum atomic E-state index is -4.00. The highest BCUT2D eigenvalue weighted by Gasteiger charge is 2.19. The molecule has 106 valence electrons. The minimum absolute atomic E-state index is 0.117. The van der Waals surface area contributed by atoms with E-state index in [4.69, 9.17) is 11.6 Å². The molecule has 0 aromatic heterocycles. The number of aryl methyl sites for hydroxylation is 1. The van der Waals surface area contributed by atoms with E-state index in [-0.39, 0.29) is 21.2 Å². The molecule has 3 nitrogen and oxygen atoms in total. The molecule has 0 heterocycles. The van der Waals surface area contributed by atoms with E-state index in [0.29, 0.717) is 0 Å². The van der Waals surface area contributed by atoms with Gasteiger partial charge in [-0.2, -0.15) is 0 Å². The van der Waals surface area contributed by atoms with Crippen LogP contribution in [-0.2, 0) is 10.0 Å². The monoisotopic (exact) mass is 317 g/mol. The van der Waals surface area contributed by atoms with Crippen molar-refractivity contribution in [1.82, 2.24) is 0 Å². The van der Waals surface area contributed by atoms with Gasteiger partial charge in [0.1, 0.15) is 11.6 Å². The summed E-state index contributed by atoms with van der Waals surface area (Å²) < 4.78 is 53.0. The average Bonchev–Trinajstić information content (AvgIpc) is 2.32. The maximum Gasteiger partial charge on any atom is 0.262 e. The highest BCUT2D eigenvalue weighted by Crippen LogP contribution is 2.23. The Morgan fingerprint density at radius 2 is 1.80 bits per heavy atom. The molecule has 0 fully saturated rings. The molecule has 1 N–H and O–H groups in total. The summed E-state index contributed by atoms with van der Waals surface area (Å²) in [6.07, 6.45) is 0. The van der Waals surface area contributed by atoms with Gasteiger partial charge in [0.2, 0.25) is 0 Å². The topological polar surface area (TPSA) is 46.2 Å². The van der Waals surface area contributed by atoms with Crippen molar-refractivity contribution in [2.24, 2.45) is 0 Å². The van der Waals surface area contributed by atoms with Crippen molar-refractivity contribution in [1.29, 1.82) is 0 Å². The van der Waals surface area contributed by atoms with Crippen molar-refractivity contribution in [3.8, 4) is 0 Å². The van der Waals surface area contributed by atoms with Crippen LogP contribution >= 0.6 is 11.6 Å². The van der Waals surface area contributed by atoms with Crippen LogP contribution in [-0.4, -0.2) is 8.42 Å². The number of anilines is 1. The second-order valence-corrected chi connectivity index (χ2v) is 6.23. The summed E-state index contributed by atoms with van der Waals surface area (Å²) in [4.78, 5) is -0.117. The standard InChI is InChI=1S/C13H10ClF2NO2S/c1-8-6-10(15)3-5-13(8)20(18,19)17-12-4-2-9(14)7-11(12)16/h2-7,17H,1H3. The molecular weight excluding hydrogens is 308 g/mol. The molecule has 2 aromatic carbocycles. The summed E-state index contributed by atoms with van der Waals surface area (Å²) in [5.41, 5.74) is 0.00463. The molecule has 2 aromatic rings. The smallest absolute Gasteiger partial charge is 0.262 e. The zero-order chi connectivity index (χ0) is 14.9. The van der Waals surface area contributed by atoms with Gasteiger partial charge in [0.05, 0.1) is 10.6 Å². The van der Waals surface area contributed by atoms with Crippen LogP contribution in [0.2, 0.25) is 5.02 Å². The Labute approximate surface area is 120 Å². The molecule has 0 aliphatic heterocycles. The van der Waals surface area contributed by atoms with Gasteiger partial charge in [-0.15, -0.1) is 0 Å². The molecule has 0 atom stereocenters. The fourth-order valence-electron chi connectivity index (χ4n) is 1.69. The van der Waals surface area contributed by atoms with Crippen LogP contribution in [0.25, 0.3) is 0 Å². The van der Waals surface area contributed by atoms with Crippen molar-refractivity contribution in [2.75, 3.05) is 4.72 Å². The van der Waals surface area contributed by atoms with Crippen molar-refractivity contribution < 1.29 is 17.2 Å². The van der Waals surface area contributed by atoms with Gasteiger partial charge in [0, 0.05) is 5.02 Å². The number of benzene rings is 2. The van der Waals surface area contributed by atoms with Gasteiger partial charge in [0.25, 0.3) is 10.0 Å². The lowest BCUT2D eigenvalue weighted by Gasteiger charge is -2.11. The minimum Gasteiger partial charge on any atom is -0.277 e. The first-order valence-electron chi connectivity index (χ1n) is 5.53. The predicted molar refractivity (Wildman–Crippen MR) is 73.4 cm³/mol. The average molecular weight is 318 g/mol. The van der Waals surface area contributed by atoms with Crippen molar-refractivity contribution in [3.63, 3.8) is 0 Å². The van der Waals surface area contributed by atoms with Gasteiger partial charge < -0.3 is 0 Å². The second kappa shape index (κ2) is 5.38. The molecule has 0 aliphatic carbocycles. The molecule has 0 spiro atoms. The van der Waals surface area contributed by atoms with Crippen LogP contribution in [0.15, 0.2) is 41.3 Å². The summed E-state index contributed by atoms with van der Waals surface area (Å²) in [5, 5.41) is 0.156. The highest BCUT2D eigenvalue weighted by molar-refractivity contribution is 7.92. The van der Waals surface area contributed by atoms with Crippen LogP contribution in [0.3, 0.4) is 0 Å². The van der Waals surface area contributed by atoms with Gasteiger partial charge in [-0.3, -0.25) is 4.72 Å². The molecule has 0 aliphatic rings. The van der Waals surface area contributed by atoms with Crippen molar-refractivity contribution >= 4 is 27.3 Å². The second-order valence-electron chi connectivity index (χ2n) is 4.14. The third kappa shape index (κ3) is 3.08. The Morgan fingerprint density at radius 3 is 2.40 bits per heavy atom. The van der Waals surface area contributed by atoms with Crippen molar-refractivity contribution in [2.45, 2.75) is 11.8 Å². The zero-order valence-electron chi connectivity index (χ0n) is 10.3. The molecule has 0 bridgehead atoms. The van der Waals surface area contributed by atoms with Crippen LogP contribution in [0, 0.1) is 18.6 Å². The Hall–Kier alpha value is -1.66.